The topological polar surface area (TPSA) is 158 Å². The first-order chi connectivity index (χ1) is 12.3. The van der Waals surface area contributed by atoms with Crippen LogP contribution in [0.5, 0.6) is 0 Å². The minimum atomic E-state index is -0.646. The normalized spacial score (nSPS) is 10.7. The molecule has 10 heteroatoms. The summed E-state index contributed by atoms with van der Waals surface area (Å²) in [5.41, 5.74) is 7.10. The van der Waals surface area contributed by atoms with Crippen LogP contribution in [0.2, 0.25) is 5.02 Å². The van der Waals surface area contributed by atoms with Crippen LogP contribution < -0.4 is 11.2 Å². The Morgan fingerprint density at radius 3 is 2.58 bits per heavy atom. The summed E-state index contributed by atoms with van der Waals surface area (Å²) in [5, 5.41) is 30.9. The quantitative estimate of drug-likeness (QED) is 0.233. The number of nitro benzene ring substituents is 1. The van der Waals surface area contributed by atoms with Gasteiger partial charge in [-0.3, -0.25) is 25.7 Å². The Bertz CT molecular complexity index is 980. The van der Waals surface area contributed by atoms with Crippen molar-refractivity contribution in [3.05, 3.63) is 68.7 Å². The molecule has 4 N–H and O–H groups in total. The first-order valence-electron chi connectivity index (χ1n) is 7.01. The maximum atomic E-state index is 12.8. The number of hydrogen-bond donors (Lipinski definition) is 3. The maximum Gasteiger partial charge on any atom is 0.270 e. The summed E-state index contributed by atoms with van der Waals surface area (Å²) in [6, 6.07) is 11.4. The van der Waals surface area contributed by atoms with Gasteiger partial charge in [0.05, 0.1) is 21.2 Å². The van der Waals surface area contributed by atoms with Crippen molar-refractivity contribution in [1.29, 1.82) is 10.7 Å². The lowest BCUT2D eigenvalue weighted by Gasteiger charge is -2.09. The monoisotopic (exact) mass is 370 g/mol. The van der Waals surface area contributed by atoms with Crippen molar-refractivity contribution >= 4 is 40.3 Å². The molecule has 0 atom stereocenters. The zero-order chi connectivity index (χ0) is 19.3. The molecule has 0 fully saturated rings. The minimum Gasteiger partial charge on any atom is -0.382 e. The number of hydrazone groups is 1. The molecule has 26 heavy (non-hydrogen) atoms. The third-order valence-electron chi connectivity index (χ3n) is 3.23. The van der Waals surface area contributed by atoms with Crippen molar-refractivity contribution in [3.8, 4) is 6.07 Å². The van der Waals surface area contributed by atoms with Crippen LogP contribution in [0, 0.1) is 26.9 Å². The smallest absolute Gasteiger partial charge is 0.270 e. The van der Waals surface area contributed by atoms with Crippen molar-refractivity contribution in [2.75, 3.05) is 5.43 Å². The van der Waals surface area contributed by atoms with Crippen molar-refractivity contribution in [2.45, 2.75) is 0 Å². The summed E-state index contributed by atoms with van der Waals surface area (Å²) < 4.78 is 0. The number of nitrogens with zero attached hydrogens (tertiary/aromatic N) is 3. The van der Waals surface area contributed by atoms with E-state index in [1.165, 1.54) is 24.3 Å². The number of amidine groups is 1. The van der Waals surface area contributed by atoms with Crippen LogP contribution in [0.1, 0.15) is 15.9 Å². The fourth-order valence-corrected chi connectivity index (χ4v) is 2.20. The molecule has 0 amide bonds. The molecule has 0 radical (unpaired) electrons. The first kappa shape index (κ1) is 18.6. The predicted octanol–water partition coefficient (Wildman–Crippen LogP) is 2.71. The van der Waals surface area contributed by atoms with E-state index >= 15 is 0 Å². The van der Waals surface area contributed by atoms with Gasteiger partial charge in [0.1, 0.15) is 6.07 Å². The fraction of sp³-hybridized carbons (Fsp3) is 0. The van der Waals surface area contributed by atoms with Crippen LogP contribution in [0.15, 0.2) is 47.6 Å². The molecule has 0 aliphatic rings. The lowest BCUT2D eigenvalue weighted by molar-refractivity contribution is -0.384. The number of ketones is 1. The summed E-state index contributed by atoms with van der Waals surface area (Å²) in [6.07, 6.45) is 0. The van der Waals surface area contributed by atoms with Gasteiger partial charge >= 0.3 is 0 Å². The highest BCUT2D eigenvalue weighted by Crippen LogP contribution is 2.27. The van der Waals surface area contributed by atoms with E-state index in [2.05, 4.69) is 10.5 Å². The summed E-state index contributed by atoms with van der Waals surface area (Å²) >= 11 is 6.02. The second-order valence-electron chi connectivity index (χ2n) is 4.89. The van der Waals surface area contributed by atoms with Crippen LogP contribution in [0.25, 0.3) is 0 Å². The number of anilines is 1. The fourth-order valence-electron chi connectivity index (χ4n) is 1.98. The standard InChI is InChI=1S/C16H11ClN6O3/c17-12-4-2-1-3-10(12)15(24)11-7-9(23(25)26)5-6-13(11)21-22-14(8-18)16(19)20/h1-7,21H,(H3,19,20)/b22-14+. The molecule has 2 aromatic carbocycles. The molecule has 0 aliphatic heterocycles. The minimum absolute atomic E-state index is 0.0723. The lowest BCUT2D eigenvalue weighted by atomic mass is 10.0. The molecular weight excluding hydrogens is 360 g/mol. The Balaban J connectivity index is 2.55. The Morgan fingerprint density at radius 2 is 2.00 bits per heavy atom. The largest absolute Gasteiger partial charge is 0.382 e. The summed E-state index contributed by atoms with van der Waals surface area (Å²) in [6.45, 7) is 0. The molecule has 0 saturated carbocycles. The van der Waals surface area contributed by atoms with Gasteiger partial charge in [0, 0.05) is 17.7 Å². The molecule has 0 unspecified atom stereocenters. The number of nitrogens with one attached hydrogen (secondary N) is 2. The van der Waals surface area contributed by atoms with E-state index in [0.29, 0.717) is 0 Å². The number of carbonyl (C=O) groups excluding carboxylic acids is 1. The maximum absolute atomic E-state index is 12.8. The van der Waals surface area contributed by atoms with Crippen molar-refractivity contribution in [3.63, 3.8) is 0 Å². The highest BCUT2D eigenvalue weighted by atomic mass is 35.5. The van der Waals surface area contributed by atoms with E-state index in [1.807, 2.05) is 0 Å². The number of non-ortho nitro benzene ring substituents is 1. The summed E-state index contributed by atoms with van der Waals surface area (Å²) in [7, 11) is 0. The van der Waals surface area contributed by atoms with Crippen molar-refractivity contribution < 1.29 is 9.72 Å². The third-order valence-corrected chi connectivity index (χ3v) is 3.56. The lowest BCUT2D eigenvalue weighted by Crippen LogP contribution is -2.22. The SMILES string of the molecule is N#C/C(=N\Nc1ccc([N+](=O)[O-])cc1C(=O)c1ccccc1Cl)C(=N)N. The molecule has 0 aromatic heterocycles. The first-order valence-corrected chi connectivity index (χ1v) is 7.38. The van der Waals surface area contributed by atoms with E-state index in [9.17, 15) is 14.9 Å². The average molecular weight is 371 g/mol. The van der Waals surface area contributed by atoms with Crippen molar-refractivity contribution in [2.24, 2.45) is 10.8 Å². The van der Waals surface area contributed by atoms with Gasteiger partial charge in [-0.15, -0.1) is 0 Å². The Hall–Kier alpha value is -3.77. The predicted molar refractivity (Wildman–Crippen MR) is 96.6 cm³/mol. The number of rotatable bonds is 6. The second kappa shape index (κ2) is 7.87. The van der Waals surface area contributed by atoms with Gasteiger partial charge in [0.15, 0.2) is 11.6 Å². The van der Waals surface area contributed by atoms with Gasteiger partial charge in [0.25, 0.3) is 5.69 Å². The molecule has 0 bridgehead atoms. The highest BCUT2D eigenvalue weighted by molar-refractivity contribution is 6.45. The van der Waals surface area contributed by atoms with Crippen LogP contribution in [-0.2, 0) is 0 Å². The number of benzene rings is 2. The van der Waals surface area contributed by atoms with Gasteiger partial charge in [0.2, 0.25) is 5.71 Å². The molecule has 2 rings (SSSR count). The van der Waals surface area contributed by atoms with Gasteiger partial charge in [-0.2, -0.15) is 10.4 Å². The van der Waals surface area contributed by atoms with E-state index in [1.54, 1.807) is 18.2 Å². The Labute approximate surface area is 152 Å². The molecule has 0 saturated heterocycles. The zero-order valence-corrected chi connectivity index (χ0v) is 13.8. The van der Waals surface area contributed by atoms with Crippen LogP contribution in [-0.4, -0.2) is 22.3 Å². The number of halogens is 1. The molecule has 9 nitrogen and oxygen atoms in total. The Kier molecular flexibility index (Phi) is 5.62. The number of hydrogen-bond acceptors (Lipinski definition) is 7. The molecule has 0 heterocycles. The molecule has 2 aromatic rings. The van der Waals surface area contributed by atoms with Gasteiger partial charge in [-0.05, 0) is 18.2 Å². The third kappa shape index (κ3) is 4.00. The molecule has 130 valence electrons. The highest BCUT2D eigenvalue weighted by Gasteiger charge is 2.20. The number of nitro groups is 1. The summed E-state index contributed by atoms with van der Waals surface area (Å²) in [4.78, 5) is 23.2. The Morgan fingerprint density at radius 1 is 1.31 bits per heavy atom. The van der Waals surface area contributed by atoms with Crippen LogP contribution >= 0.6 is 11.6 Å². The summed E-state index contributed by atoms with van der Waals surface area (Å²) in [5.74, 6) is -1.14. The number of carbonyl (C=O) groups is 1. The molecule has 0 aliphatic carbocycles. The van der Waals surface area contributed by atoms with Gasteiger partial charge in [-0.25, -0.2) is 0 Å². The van der Waals surface area contributed by atoms with E-state index < -0.39 is 22.3 Å². The van der Waals surface area contributed by atoms with Crippen LogP contribution in [0.4, 0.5) is 11.4 Å². The number of nitriles is 1. The number of nitrogens with two attached hydrogens (primary N) is 1. The average Bonchev–Trinajstić information content (AvgIpc) is 2.61. The molecular formula is C16H11ClN6O3. The van der Waals surface area contributed by atoms with E-state index in [0.717, 1.165) is 6.07 Å². The van der Waals surface area contributed by atoms with Crippen molar-refractivity contribution in [1.82, 2.24) is 0 Å². The van der Waals surface area contributed by atoms with E-state index in [4.69, 9.17) is 28.0 Å². The second-order valence-corrected chi connectivity index (χ2v) is 5.30. The molecule has 0 spiro atoms. The van der Waals surface area contributed by atoms with Gasteiger partial charge < -0.3 is 5.73 Å². The van der Waals surface area contributed by atoms with Gasteiger partial charge in [-0.1, -0.05) is 23.7 Å². The van der Waals surface area contributed by atoms with E-state index in [-0.39, 0.29) is 27.5 Å². The zero-order valence-electron chi connectivity index (χ0n) is 13.1. The van der Waals surface area contributed by atoms with Crippen LogP contribution in [0.3, 0.4) is 0 Å².